The minimum Gasteiger partial charge on any atom is -0.448 e. The van der Waals surface area contributed by atoms with E-state index in [0.717, 1.165) is 11.5 Å². The van der Waals surface area contributed by atoms with Crippen LogP contribution in [0.5, 0.6) is 11.5 Å². The lowest BCUT2D eigenvalue weighted by atomic mass is 9.91. The van der Waals surface area contributed by atoms with E-state index >= 15 is 0 Å². The van der Waals surface area contributed by atoms with Gasteiger partial charge in [0.05, 0.1) is 0 Å². The maximum absolute atomic E-state index is 5.67. The average Bonchev–Trinajstić information content (AvgIpc) is 2.67. The molecule has 3 heteroatoms. The van der Waals surface area contributed by atoms with Gasteiger partial charge >= 0.3 is 0 Å². The molecule has 3 nitrogen and oxygen atoms in total. The van der Waals surface area contributed by atoms with Crippen LogP contribution in [-0.2, 0) is 17.6 Å². The Balaban J connectivity index is 1.88. The summed E-state index contributed by atoms with van der Waals surface area (Å²) < 4.78 is 16.4. The van der Waals surface area contributed by atoms with Crippen LogP contribution in [0.3, 0.4) is 0 Å². The Hall–Kier alpha value is -1.22. The fourth-order valence-electron chi connectivity index (χ4n) is 2.44. The van der Waals surface area contributed by atoms with E-state index < -0.39 is 0 Å². The highest BCUT2D eigenvalue weighted by atomic mass is 16.7. The molecule has 1 aliphatic heterocycles. The van der Waals surface area contributed by atoms with Gasteiger partial charge in [0.1, 0.15) is 6.61 Å². The Morgan fingerprint density at radius 3 is 2.19 bits per heavy atom. The van der Waals surface area contributed by atoms with Crippen LogP contribution in [0.15, 0.2) is 12.1 Å². The van der Waals surface area contributed by atoms with Crippen LogP contribution in [0.2, 0.25) is 0 Å². The van der Waals surface area contributed by atoms with Gasteiger partial charge < -0.3 is 14.2 Å². The Kier molecular flexibility index (Phi) is 2.48. The number of hydrogen-bond acceptors (Lipinski definition) is 3. The third-order valence-corrected chi connectivity index (χ3v) is 3.23. The maximum Gasteiger partial charge on any atom is 0.264 e. The van der Waals surface area contributed by atoms with Gasteiger partial charge in [0.2, 0.25) is 0 Å². The monoisotopic (exact) mass is 220 g/mol. The summed E-state index contributed by atoms with van der Waals surface area (Å²) >= 11 is 0. The normalized spacial score (nSPS) is 18.6. The molecule has 1 aromatic carbocycles. The predicted molar refractivity (Wildman–Crippen MR) is 60.0 cm³/mol. The first-order valence-corrected chi connectivity index (χ1v) is 5.85. The van der Waals surface area contributed by atoms with Crippen molar-refractivity contribution in [1.82, 2.24) is 0 Å². The summed E-state index contributed by atoms with van der Waals surface area (Å²) in [5.41, 5.74) is 2.85. The van der Waals surface area contributed by atoms with Crippen molar-refractivity contribution in [3.8, 4) is 11.5 Å². The molecule has 0 unspecified atom stereocenters. The summed E-state index contributed by atoms with van der Waals surface area (Å²) in [7, 11) is 1.65. The third kappa shape index (κ3) is 1.65. The molecule has 0 aromatic heterocycles. The van der Waals surface area contributed by atoms with Gasteiger partial charge in [-0.15, -0.1) is 0 Å². The maximum atomic E-state index is 5.67. The molecule has 0 N–H and O–H groups in total. The molecule has 3 rings (SSSR count). The quantitative estimate of drug-likeness (QED) is 0.765. The van der Waals surface area contributed by atoms with Crippen molar-refractivity contribution in [2.24, 2.45) is 0 Å². The van der Waals surface area contributed by atoms with E-state index in [1.807, 2.05) is 0 Å². The summed E-state index contributed by atoms with van der Waals surface area (Å²) in [4.78, 5) is 0. The van der Waals surface area contributed by atoms with Crippen molar-refractivity contribution in [1.29, 1.82) is 0 Å². The van der Waals surface area contributed by atoms with Gasteiger partial charge in [-0.2, -0.15) is 0 Å². The Morgan fingerprint density at radius 1 is 1.12 bits per heavy atom. The summed E-state index contributed by atoms with van der Waals surface area (Å²) in [6.07, 6.45) is 4.63. The van der Waals surface area contributed by atoms with Crippen molar-refractivity contribution in [3.05, 3.63) is 23.3 Å². The van der Waals surface area contributed by atoms with E-state index in [1.54, 1.807) is 7.11 Å². The van der Waals surface area contributed by atoms with Crippen LogP contribution in [0.4, 0.5) is 0 Å². The number of fused-ring (bicyclic) bond motifs is 2. The zero-order valence-electron chi connectivity index (χ0n) is 9.49. The number of rotatable bonds is 2. The fourth-order valence-corrected chi connectivity index (χ4v) is 2.44. The van der Waals surface area contributed by atoms with E-state index in [9.17, 15) is 0 Å². The predicted octanol–water partition coefficient (Wildman–Crippen LogP) is 2.31. The van der Waals surface area contributed by atoms with E-state index in [4.69, 9.17) is 14.2 Å². The molecule has 0 bridgehead atoms. The second kappa shape index (κ2) is 3.98. The molecule has 0 saturated carbocycles. The first kappa shape index (κ1) is 9.97. The van der Waals surface area contributed by atoms with Gasteiger partial charge in [-0.3, -0.25) is 0 Å². The second-order valence-electron chi connectivity index (χ2n) is 4.40. The minimum absolute atomic E-state index is 0.274. The zero-order chi connectivity index (χ0) is 11.0. The molecule has 16 heavy (non-hydrogen) atoms. The van der Waals surface area contributed by atoms with Crippen molar-refractivity contribution < 1.29 is 14.2 Å². The second-order valence-corrected chi connectivity index (χ2v) is 4.40. The van der Waals surface area contributed by atoms with Crippen molar-refractivity contribution in [2.45, 2.75) is 32.0 Å². The van der Waals surface area contributed by atoms with Gasteiger partial charge in [-0.1, -0.05) is 0 Å². The van der Waals surface area contributed by atoms with Gasteiger partial charge in [0.15, 0.2) is 11.5 Å². The summed E-state index contributed by atoms with van der Waals surface area (Å²) in [6, 6.07) is 4.28. The first-order chi connectivity index (χ1) is 7.86. The highest BCUT2D eigenvalue weighted by Gasteiger charge is 2.26. The van der Waals surface area contributed by atoms with Gasteiger partial charge in [0.25, 0.3) is 6.29 Å². The van der Waals surface area contributed by atoms with Crippen LogP contribution < -0.4 is 9.47 Å². The van der Waals surface area contributed by atoms with Crippen molar-refractivity contribution in [2.75, 3.05) is 13.7 Å². The highest BCUT2D eigenvalue weighted by molar-refractivity contribution is 5.49. The van der Waals surface area contributed by atoms with E-state index in [0.29, 0.717) is 6.61 Å². The highest BCUT2D eigenvalue weighted by Crippen LogP contribution is 2.39. The third-order valence-electron chi connectivity index (χ3n) is 3.23. The lowest BCUT2D eigenvalue weighted by molar-refractivity contribution is -0.0173. The molecule has 0 atom stereocenters. The van der Waals surface area contributed by atoms with Gasteiger partial charge in [0, 0.05) is 7.11 Å². The number of benzene rings is 1. The SMILES string of the molecule is COCC1Oc2cc3c(cc2O1)CCCC3. The smallest absolute Gasteiger partial charge is 0.264 e. The van der Waals surface area contributed by atoms with E-state index in [2.05, 4.69) is 12.1 Å². The first-order valence-electron chi connectivity index (χ1n) is 5.85. The van der Waals surface area contributed by atoms with Crippen LogP contribution in [0.25, 0.3) is 0 Å². The molecule has 0 spiro atoms. The number of hydrogen-bond donors (Lipinski definition) is 0. The molecule has 86 valence electrons. The largest absolute Gasteiger partial charge is 0.448 e. The molecule has 0 fully saturated rings. The fraction of sp³-hybridized carbons (Fsp3) is 0.538. The molecular formula is C13H16O3. The Bertz CT molecular complexity index is 365. The van der Waals surface area contributed by atoms with Crippen LogP contribution in [-0.4, -0.2) is 20.0 Å². The summed E-state index contributed by atoms with van der Waals surface area (Å²) in [6.45, 7) is 0.472. The van der Waals surface area contributed by atoms with Crippen LogP contribution in [0.1, 0.15) is 24.0 Å². The molecule has 1 aromatic rings. The minimum atomic E-state index is -0.274. The molecule has 0 radical (unpaired) electrons. The topological polar surface area (TPSA) is 27.7 Å². The van der Waals surface area contributed by atoms with Gasteiger partial charge in [-0.05, 0) is 48.9 Å². The number of aryl methyl sites for hydroxylation is 2. The van der Waals surface area contributed by atoms with Crippen molar-refractivity contribution >= 4 is 0 Å². The molecular weight excluding hydrogens is 204 g/mol. The van der Waals surface area contributed by atoms with Crippen molar-refractivity contribution in [3.63, 3.8) is 0 Å². The van der Waals surface area contributed by atoms with Gasteiger partial charge in [-0.25, -0.2) is 0 Å². The summed E-state index contributed by atoms with van der Waals surface area (Å²) in [5, 5.41) is 0. The molecule has 1 aliphatic carbocycles. The number of methoxy groups -OCH3 is 1. The number of ether oxygens (including phenoxy) is 3. The van der Waals surface area contributed by atoms with Crippen LogP contribution >= 0.6 is 0 Å². The standard InChI is InChI=1S/C13H16O3/c1-14-8-13-15-11-6-9-4-2-3-5-10(9)7-12(11)16-13/h6-7,13H,2-5,8H2,1H3. The Labute approximate surface area is 95.3 Å². The van der Waals surface area contributed by atoms with Crippen LogP contribution in [0, 0.1) is 0 Å². The molecule has 1 heterocycles. The Morgan fingerprint density at radius 2 is 1.69 bits per heavy atom. The molecule has 2 aliphatic rings. The molecule has 0 amide bonds. The average molecular weight is 220 g/mol. The van der Waals surface area contributed by atoms with E-state index in [1.165, 1.54) is 36.8 Å². The lowest BCUT2D eigenvalue weighted by Gasteiger charge is -2.15. The zero-order valence-corrected chi connectivity index (χ0v) is 9.49. The summed E-state index contributed by atoms with van der Waals surface area (Å²) in [5.74, 6) is 1.76. The lowest BCUT2D eigenvalue weighted by Crippen LogP contribution is -2.23. The molecule has 0 saturated heterocycles. The van der Waals surface area contributed by atoms with E-state index in [-0.39, 0.29) is 6.29 Å².